The molecule has 0 heterocycles. The minimum absolute atomic E-state index is 0.351. The van der Waals surface area contributed by atoms with Gasteiger partial charge in [0, 0.05) is 10.5 Å². The molecule has 18 heavy (non-hydrogen) atoms. The molecule has 0 amide bonds. The highest BCUT2D eigenvalue weighted by molar-refractivity contribution is 7.95. The third kappa shape index (κ3) is 2.93. The molecule has 3 heteroatoms. The molecule has 2 aromatic carbocycles. The average molecular weight is 258 g/mol. The first-order valence-corrected chi connectivity index (χ1v) is 6.50. The molecule has 0 fully saturated rings. The zero-order valence-corrected chi connectivity index (χ0v) is 11.0. The Kier molecular flexibility index (Phi) is 4.05. The number of benzene rings is 2. The standard InChI is InChI=1S/C15H14O2S/c1-3-11(2)15(16)17-18-14-9-8-12-6-4-5-7-13(12)10-14/h4-10H,2-3H2,1H3. The summed E-state index contributed by atoms with van der Waals surface area (Å²) in [6, 6.07) is 14.0. The highest BCUT2D eigenvalue weighted by atomic mass is 32.2. The smallest absolute Gasteiger partial charge is 0.345 e. The van der Waals surface area contributed by atoms with Gasteiger partial charge in [-0.2, -0.15) is 0 Å². The maximum atomic E-state index is 11.5. The number of carbonyl (C=O) groups excluding carboxylic acids is 1. The average Bonchev–Trinajstić information content (AvgIpc) is 2.43. The maximum Gasteiger partial charge on any atom is 0.345 e. The van der Waals surface area contributed by atoms with Gasteiger partial charge < -0.3 is 4.18 Å². The van der Waals surface area contributed by atoms with Gasteiger partial charge in [0.05, 0.1) is 12.0 Å². The van der Waals surface area contributed by atoms with Gasteiger partial charge in [-0.15, -0.1) is 0 Å². The molecule has 0 N–H and O–H groups in total. The molecule has 0 aliphatic carbocycles. The van der Waals surface area contributed by atoms with Gasteiger partial charge in [-0.1, -0.05) is 43.8 Å². The first-order chi connectivity index (χ1) is 8.70. The number of rotatable bonds is 4. The second kappa shape index (κ2) is 5.74. The third-order valence-electron chi connectivity index (χ3n) is 2.65. The van der Waals surface area contributed by atoms with Crippen LogP contribution in [0.1, 0.15) is 13.3 Å². The van der Waals surface area contributed by atoms with Gasteiger partial charge in [-0.3, -0.25) is 0 Å². The summed E-state index contributed by atoms with van der Waals surface area (Å²) in [7, 11) is 0. The molecular weight excluding hydrogens is 244 g/mol. The van der Waals surface area contributed by atoms with Gasteiger partial charge in [-0.05, 0) is 29.3 Å². The second-order valence-electron chi connectivity index (χ2n) is 3.92. The molecule has 2 nitrogen and oxygen atoms in total. The zero-order valence-electron chi connectivity index (χ0n) is 10.2. The van der Waals surface area contributed by atoms with Crippen molar-refractivity contribution >= 4 is 28.8 Å². The Morgan fingerprint density at radius 1 is 1.22 bits per heavy atom. The number of hydrogen-bond acceptors (Lipinski definition) is 3. The molecule has 0 atom stereocenters. The lowest BCUT2D eigenvalue weighted by molar-refractivity contribution is -0.128. The molecular formula is C15H14O2S. The van der Waals surface area contributed by atoms with Crippen LogP contribution in [0.4, 0.5) is 0 Å². The van der Waals surface area contributed by atoms with E-state index in [9.17, 15) is 4.79 Å². The fourth-order valence-electron chi connectivity index (χ4n) is 1.51. The fourth-order valence-corrected chi connectivity index (χ4v) is 2.10. The summed E-state index contributed by atoms with van der Waals surface area (Å²) in [5.74, 6) is -0.351. The van der Waals surface area contributed by atoms with E-state index in [2.05, 4.69) is 12.6 Å². The molecule has 0 saturated heterocycles. The summed E-state index contributed by atoms with van der Waals surface area (Å²) < 4.78 is 5.11. The van der Waals surface area contributed by atoms with Crippen LogP contribution in [-0.2, 0) is 8.98 Å². The molecule has 0 saturated carbocycles. The predicted octanol–water partition coefficient (Wildman–Crippen LogP) is 4.36. The first kappa shape index (κ1) is 12.7. The van der Waals surface area contributed by atoms with E-state index in [0.717, 1.165) is 22.3 Å². The molecule has 0 aliphatic heterocycles. The van der Waals surface area contributed by atoms with Crippen LogP contribution >= 0.6 is 12.0 Å². The van der Waals surface area contributed by atoms with Crippen LogP contribution < -0.4 is 0 Å². The second-order valence-corrected chi connectivity index (χ2v) is 4.72. The number of fused-ring (bicyclic) bond motifs is 1. The van der Waals surface area contributed by atoms with E-state index in [0.29, 0.717) is 12.0 Å². The molecule has 92 valence electrons. The Hall–Kier alpha value is -1.74. The lowest BCUT2D eigenvalue weighted by atomic mass is 10.1. The van der Waals surface area contributed by atoms with Gasteiger partial charge in [0.1, 0.15) is 0 Å². The molecule has 2 rings (SSSR count). The lowest BCUT2D eigenvalue weighted by Gasteiger charge is -2.04. The highest BCUT2D eigenvalue weighted by Crippen LogP contribution is 2.25. The van der Waals surface area contributed by atoms with Crippen LogP contribution in [0, 0.1) is 0 Å². The highest BCUT2D eigenvalue weighted by Gasteiger charge is 2.07. The first-order valence-electron chi connectivity index (χ1n) is 5.76. The van der Waals surface area contributed by atoms with Crippen molar-refractivity contribution in [1.82, 2.24) is 0 Å². The van der Waals surface area contributed by atoms with E-state index < -0.39 is 0 Å². The van der Waals surface area contributed by atoms with Crippen molar-refractivity contribution in [3.63, 3.8) is 0 Å². The monoisotopic (exact) mass is 258 g/mol. The number of hydrogen-bond donors (Lipinski definition) is 0. The topological polar surface area (TPSA) is 26.3 Å². The van der Waals surface area contributed by atoms with Crippen molar-refractivity contribution in [2.75, 3.05) is 0 Å². The Balaban J connectivity index is 2.08. The van der Waals surface area contributed by atoms with Crippen molar-refractivity contribution in [2.45, 2.75) is 18.2 Å². The van der Waals surface area contributed by atoms with Crippen LogP contribution in [0.15, 0.2) is 59.5 Å². The van der Waals surface area contributed by atoms with Crippen molar-refractivity contribution in [1.29, 1.82) is 0 Å². The van der Waals surface area contributed by atoms with Gasteiger partial charge >= 0.3 is 5.97 Å². The van der Waals surface area contributed by atoms with Gasteiger partial charge in [0.25, 0.3) is 0 Å². The van der Waals surface area contributed by atoms with E-state index in [1.165, 1.54) is 5.39 Å². The SMILES string of the molecule is C=C(CC)C(=O)OSc1ccc2ccccc2c1. The third-order valence-corrected chi connectivity index (χ3v) is 3.33. The van der Waals surface area contributed by atoms with Crippen molar-refractivity contribution < 1.29 is 8.98 Å². The fraction of sp³-hybridized carbons (Fsp3) is 0.133. The Morgan fingerprint density at radius 3 is 2.67 bits per heavy atom. The normalized spacial score (nSPS) is 10.3. The van der Waals surface area contributed by atoms with Gasteiger partial charge in [-0.25, -0.2) is 4.79 Å². The van der Waals surface area contributed by atoms with Crippen LogP contribution in [-0.4, -0.2) is 5.97 Å². The van der Waals surface area contributed by atoms with E-state index >= 15 is 0 Å². The molecule has 0 bridgehead atoms. The van der Waals surface area contributed by atoms with Crippen molar-refractivity contribution in [3.05, 3.63) is 54.6 Å². The Morgan fingerprint density at radius 2 is 1.94 bits per heavy atom. The summed E-state index contributed by atoms with van der Waals surface area (Å²) in [4.78, 5) is 12.4. The Labute approximate surface area is 111 Å². The minimum atomic E-state index is -0.351. The van der Waals surface area contributed by atoms with Crippen LogP contribution in [0.5, 0.6) is 0 Å². The summed E-state index contributed by atoms with van der Waals surface area (Å²) in [5, 5.41) is 2.30. The van der Waals surface area contributed by atoms with Crippen molar-refractivity contribution in [2.24, 2.45) is 0 Å². The van der Waals surface area contributed by atoms with Crippen molar-refractivity contribution in [3.8, 4) is 0 Å². The van der Waals surface area contributed by atoms with E-state index in [4.69, 9.17) is 4.18 Å². The van der Waals surface area contributed by atoms with Gasteiger partial charge in [0.15, 0.2) is 0 Å². The van der Waals surface area contributed by atoms with Crippen LogP contribution in [0.2, 0.25) is 0 Å². The summed E-state index contributed by atoms with van der Waals surface area (Å²) in [6.45, 7) is 5.53. The summed E-state index contributed by atoms with van der Waals surface area (Å²) in [5.41, 5.74) is 0.489. The predicted molar refractivity (Wildman–Crippen MR) is 75.3 cm³/mol. The minimum Gasteiger partial charge on any atom is -0.383 e. The summed E-state index contributed by atoms with van der Waals surface area (Å²) >= 11 is 1.08. The van der Waals surface area contributed by atoms with Crippen LogP contribution in [0.25, 0.3) is 10.8 Å². The molecule has 0 aromatic heterocycles. The lowest BCUT2D eigenvalue weighted by Crippen LogP contribution is -2.00. The molecule has 0 unspecified atom stereocenters. The molecule has 0 spiro atoms. The van der Waals surface area contributed by atoms with E-state index in [1.54, 1.807) is 0 Å². The largest absolute Gasteiger partial charge is 0.383 e. The molecule has 0 aliphatic rings. The van der Waals surface area contributed by atoms with E-state index in [-0.39, 0.29) is 5.97 Å². The Bertz CT molecular complexity index is 590. The quantitative estimate of drug-likeness (QED) is 0.602. The zero-order chi connectivity index (χ0) is 13.0. The van der Waals surface area contributed by atoms with E-state index in [1.807, 2.05) is 43.3 Å². The molecule has 2 aromatic rings. The molecule has 0 radical (unpaired) electrons. The maximum absolute atomic E-state index is 11.5. The van der Waals surface area contributed by atoms with Crippen LogP contribution in [0.3, 0.4) is 0 Å². The summed E-state index contributed by atoms with van der Waals surface area (Å²) in [6.07, 6.45) is 0.608. The van der Waals surface area contributed by atoms with Gasteiger partial charge in [0.2, 0.25) is 0 Å². The number of carbonyl (C=O) groups is 1.